The maximum atomic E-state index is 9.53. The van der Waals surface area contributed by atoms with Gasteiger partial charge >= 0.3 is 0 Å². The van der Waals surface area contributed by atoms with Crippen molar-refractivity contribution in [1.29, 1.82) is 5.26 Å². The Bertz CT molecular complexity index is 746. The molecule has 3 rings (SSSR count). The summed E-state index contributed by atoms with van der Waals surface area (Å²) in [5.74, 6) is 0.641. The summed E-state index contributed by atoms with van der Waals surface area (Å²) >= 11 is 12.1. The van der Waals surface area contributed by atoms with Crippen molar-refractivity contribution in [3.63, 3.8) is 0 Å². The predicted octanol–water partition coefficient (Wildman–Crippen LogP) is 5.95. The number of halogens is 2. The van der Waals surface area contributed by atoms with E-state index >= 15 is 0 Å². The SMILES string of the molecule is N#CC(CCN1CCC(Cc2ccccc2)CC1)c1ccc(Cl)c(Cl)c1. The van der Waals surface area contributed by atoms with Gasteiger partial charge in [-0.3, -0.25) is 0 Å². The van der Waals surface area contributed by atoms with Crippen molar-refractivity contribution in [2.24, 2.45) is 5.92 Å². The molecule has 0 N–H and O–H groups in total. The van der Waals surface area contributed by atoms with E-state index in [1.807, 2.05) is 12.1 Å². The van der Waals surface area contributed by atoms with E-state index in [1.54, 1.807) is 6.07 Å². The molecule has 1 aliphatic rings. The second kappa shape index (κ2) is 9.42. The molecule has 0 aromatic heterocycles. The van der Waals surface area contributed by atoms with E-state index in [0.717, 1.165) is 37.5 Å². The summed E-state index contributed by atoms with van der Waals surface area (Å²) in [5, 5.41) is 10.6. The zero-order valence-electron chi connectivity index (χ0n) is 14.9. The first-order valence-electron chi connectivity index (χ1n) is 9.26. The van der Waals surface area contributed by atoms with Gasteiger partial charge in [-0.15, -0.1) is 0 Å². The van der Waals surface area contributed by atoms with Gasteiger partial charge in [-0.05, 0) is 74.5 Å². The van der Waals surface area contributed by atoms with Crippen molar-refractivity contribution in [2.75, 3.05) is 19.6 Å². The number of piperidine rings is 1. The van der Waals surface area contributed by atoms with Crippen LogP contribution in [0.2, 0.25) is 10.0 Å². The molecular formula is C22H24Cl2N2. The first-order chi connectivity index (χ1) is 12.7. The highest BCUT2D eigenvalue weighted by molar-refractivity contribution is 6.42. The first-order valence-corrected chi connectivity index (χ1v) is 10.0. The Balaban J connectivity index is 1.46. The molecule has 2 aromatic carbocycles. The quantitative estimate of drug-likeness (QED) is 0.613. The fraction of sp³-hybridized carbons (Fsp3) is 0.409. The second-order valence-corrected chi connectivity index (χ2v) is 7.93. The lowest BCUT2D eigenvalue weighted by Crippen LogP contribution is -2.35. The molecule has 136 valence electrons. The van der Waals surface area contributed by atoms with Crippen LogP contribution in [0.5, 0.6) is 0 Å². The van der Waals surface area contributed by atoms with E-state index in [0.29, 0.717) is 10.0 Å². The average molecular weight is 387 g/mol. The van der Waals surface area contributed by atoms with Crippen molar-refractivity contribution < 1.29 is 0 Å². The van der Waals surface area contributed by atoms with Crippen LogP contribution in [0, 0.1) is 17.2 Å². The summed E-state index contributed by atoms with van der Waals surface area (Å²) in [4.78, 5) is 2.49. The molecule has 4 heteroatoms. The lowest BCUT2D eigenvalue weighted by atomic mass is 9.89. The number of hydrogen-bond donors (Lipinski definition) is 0. The molecule has 1 saturated heterocycles. The fourth-order valence-corrected chi connectivity index (χ4v) is 4.01. The maximum Gasteiger partial charge on any atom is 0.0725 e. The predicted molar refractivity (Wildman–Crippen MR) is 109 cm³/mol. The topological polar surface area (TPSA) is 27.0 Å². The Labute approximate surface area is 166 Å². The molecule has 0 saturated carbocycles. The van der Waals surface area contributed by atoms with Gasteiger partial charge in [-0.25, -0.2) is 0 Å². The van der Waals surface area contributed by atoms with Gasteiger partial charge in [0.05, 0.1) is 22.0 Å². The minimum Gasteiger partial charge on any atom is -0.303 e. The Morgan fingerprint density at radius 1 is 1.04 bits per heavy atom. The smallest absolute Gasteiger partial charge is 0.0725 e. The summed E-state index contributed by atoms with van der Waals surface area (Å²) in [6.45, 7) is 3.20. The van der Waals surface area contributed by atoms with E-state index < -0.39 is 0 Å². The largest absolute Gasteiger partial charge is 0.303 e. The molecule has 0 aliphatic carbocycles. The van der Waals surface area contributed by atoms with Crippen LogP contribution in [-0.4, -0.2) is 24.5 Å². The van der Waals surface area contributed by atoms with Gasteiger partial charge in [0, 0.05) is 0 Å². The van der Waals surface area contributed by atoms with Crippen LogP contribution < -0.4 is 0 Å². The van der Waals surface area contributed by atoms with Crippen LogP contribution in [0.25, 0.3) is 0 Å². The van der Waals surface area contributed by atoms with Gasteiger partial charge in [0.2, 0.25) is 0 Å². The Morgan fingerprint density at radius 3 is 2.42 bits per heavy atom. The number of benzene rings is 2. The molecule has 2 aromatic rings. The molecule has 2 nitrogen and oxygen atoms in total. The minimum absolute atomic E-state index is 0.133. The lowest BCUT2D eigenvalue weighted by molar-refractivity contribution is 0.181. The van der Waals surface area contributed by atoms with Crippen LogP contribution >= 0.6 is 23.2 Å². The zero-order chi connectivity index (χ0) is 18.4. The Morgan fingerprint density at radius 2 is 1.77 bits per heavy atom. The molecule has 1 heterocycles. The standard InChI is InChI=1S/C22H24Cl2N2/c23-21-7-6-19(15-22(21)24)20(16-25)10-13-26-11-8-18(9-12-26)14-17-4-2-1-3-5-17/h1-7,15,18,20H,8-14H2. The monoisotopic (exact) mass is 386 g/mol. The highest BCUT2D eigenvalue weighted by atomic mass is 35.5. The summed E-state index contributed by atoms with van der Waals surface area (Å²) in [6, 6.07) is 18.7. The van der Waals surface area contributed by atoms with Gasteiger partial charge in [0.25, 0.3) is 0 Å². The number of hydrogen-bond acceptors (Lipinski definition) is 2. The molecule has 0 amide bonds. The number of likely N-dealkylation sites (tertiary alicyclic amines) is 1. The fourth-order valence-electron chi connectivity index (χ4n) is 3.71. The van der Waals surface area contributed by atoms with Crippen molar-refractivity contribution in [1.82, 2.24) is 4.90 Å². The first kappa shape index (κ1) is 19.2. The van der Waals surface area contributed by atoms with Crippen LogP contribution in [0.3, 0.4) is 0 Å². The molecular weight excluding hydrogens is 363 g/mol. The third kappa shape index (κ3) is 5.24. The minimum atomic E-state index is -0.133. The molecule has 0 spiro atoms. The van der Waals surface area contributed by atoms with Crippen molar-refractivity contribution >= 4 is 23.2 Å². The third-order valence-electron chi connectivity index (χ3n) is 5.31. The number of rotatable bonds is 6. The van der Waals surface area contributed by atoms with E-state index in [4.69, 9.17) is 23.2 Å². The van der Waals surface area contributed by atoms with Gasteiger partial charge < -0.3 is 4.90 Å². The van der Waals surface area contributed by atoms with E-state index in [9.17, 15) is 5.26 Å². The van der Waals surface area contributed by atoms with E-state index in [2.05, 4.69) is 41.3 Å². The molecule has 1 fully saturated rings. The van der Waals surface area contributed by atoms with Gasteiger partial charge in [0.15, 0.2) is 0 Å². The van der Waals surface area contributed by atoms with E-state index in [1.165, 1.54) is 24.8 Å². The number of nitriles is 1. The van der Waals surface area contributed by atoms with E-state index in [-0.39, 0.29) is 5.92 Å². The van der Waals surface area contributed by atoms with Crippen LogP contribution in [-0.2, 0) is 6.42 Å². The van der Waals surface area contributed by atoms with Crippen molar-refractivity contribution in [3.8, 4) is 6.07 Å². The van der Waals surface area contributed by atoms with Crippen LogP contribution in [0.4, 0.5) is 0 Å². The summed E-state index contributed by atoms with van der Waals surface area (Å²) in [5.41, 5.74) is 2.40. The summed E-state index contributed by atoms with van der Waals surface area (Å²) in [7, 11) is 0. The zero-order valence-corrected chi connectivity index (χ0v) is 16.4. The van der Waals surface area contributed by atoms with Crippen LogP contribution in [0.1, 0.15) is 36.3 Å². The molecule has 1 unspecified atom stereocenters. The van der Waals surface area contributed by atoms with Crippen LogP contribution in [0.15, 0.2) is 48.5 Å². The normalized spacial score (nSPS) is 17.0. The maximum absolute atomic E-state index is 9.53. The lowest BCUT2D eigenvalue weighted by Gasteiger charge is -2.32. The van der Waals surface area contributed by atoms with Crippen molar-refractivity contribution in [3.05, 3.63) is 69.7 Å². The number of nitrogens with zero attached hydrogens (tertiary/aromatic N) is 2. The van der Waals surface area contributed by atoms with Gasteiger partial charge in [-0.2, -0.15) is 5.26 Å². The molecule has 1 atom stereocenters. The highest BCUT2D eigenvalue weighted by Gasteiger charge is 2.21. The highest BCUT2D eigenvalue weighted by Crippen LogP contribution is 2.29. The molecule has 26 heavy (non-hydrogen) atoms. The molecule has 1 aliphatic heterocycles. The molecule has 0 radical (unpaired) electrons. The summed E-state index contributed by atoms with van der Waals surface area (Å²) < 4.78 is 0. The average Bonchev–Trinajstić information content (AvgIpc) is 2.67. The van der Waals surface area contributed by atoms with Gasteiger partial charge in [0.1, 0.15) is 0 Å². The van der Waals surface area contributed by atoms with Gasteiger partial charge in [-0.1, -0.05) is 59.6 Å². The van der Waals surface area contributed by atoms with Crippen molar-refractivity contribution in [2.45, 2.75) is 31.6 Å². The summed E-state index contributed by atoms with van der Waals surface area (Å²) in [6.07, 6.45) is 4.48. The Hall–Kier alpha value is -1.53. The second-order valence-electron chi connectivity index (χ2n) is 7.12. The Kier molecular flexibility index (Phi) is 6.97. The third-order valence-corrected chi connectivity index (χ3v) is 6.05. The molecule has 0 bridgehead atoms.